The molecule has 0 amide bonds. The summed E-state index contributed by atoms with van der Waals surface area (Å²) in [6.07, 6.45) is 2.77. The third-order valence-corrected chi connectivity index (χ3v) is 3.42. The maximum Gasteiger partial charge on any atom is 0.247 e. The number of likely N-dealkylation sites (N-methyl/N-ethyl adjacent to an activating group) is 1. The summed E-state index contributed by atoms with van der Waals surface area (Å²) in [6, 6.07) is 0. The summed E-state index contributed by atoms with van der Waals surface area (Å²) in [5.74, 6) is 1.54. The van der Waals surface area contributed by atoms with E-state index in [0.29, 0.717) is 0 Å². The van der Waals surface area contributed by atoms with Gasteiger partial charge >= 0.3 is 0 Å². The van der Waals surface area contributed by atoms with Gasteiger partial charge in [0.15, 0.2) is 5.82 Å². The SMILES string of the molecule is CN(C)CCCNc1cnnc(N2CCN(C)CC2)n1. The molecular weight excluding hydrogens is 254 g/mol. The quantitative estimate of drug-likeness (QED) is 0.735. The highest BCUT2D eigenvalue weighted by atomic mass is 15.4. The van der Waals surface area contributed by atoms with Crippen LogP contribution in [-0.4, -0.2) is 85.4 Å². The standard InChI is InChI=1S/C13H25N7/c1-18(2)6-4-5-14-12-11-15-17-13(16-12)20-9-7-19(3)8-10-20/h11H,4-10H2,1-3H3,(H,14,16,17). The van der Waals surface area contributed by atoms with Gasteiger partial charge in [-0.3, -0.25) is 0 Å². The molecular formula is C13H25N7. The van der Waals surface area contributed by atoms with E-state index in [9.17, 15) is 0 Å². The van der Waals surface area contributed by atoms with Crippen molar-refractivity contribution in [2.24, 2.45) is 0 Å². The highest BCUT2D eigenvalue weighted by molar-refractivity contribution is 5.39. The van der Waals surface area contributed by atoms with Crippen LogP contribution in [0.5, 0.6) is 0 Å². The van der Waals surface area contributed by atoms with Crippen molar-refractivity contribution >= 4 is 11.8 Å². The van der Waals surface area contributed by atoms with Gasteiger partial charge in [0.05, 0.1) is 6.20 Å². The Morgan fingerprint density at radius 2 is 2.00 bits per heavy atom. The van der Waals surface area contributed by atoms with Crippen LogP contribution >= 0.6 is 0 Å². The van der Waals surface area contributed by atoms with E-state index >= 15 is 0 Å². The summed E-state index contributed by atoms with van der Waals surface area (Å²) < 4.78 is 0. The zero-order chi connectivity index (χ0) is 14.4. The summed E-state index contributed by atoms with van der Waals surface area (Å²) in [5.41, 5.74) is 0. The lowest BCUT2D eigenvalue weighted by Gasteiger charge is -2.32. The lowest BCUT2D eigenvalue weighted by Crippen LogP contribution is -2.45. The minimum absolute atomic E-state index is 0.732. The fourth-order valence-electron chi connectivity index (χ4n) is 2.13. The van der Waals surface area contributed by atoms with Gasteiger partial charge in [0.2, 0.25) is 5.95 Å². The van der Waals surface area contributed by atoms with Gasteiger partial charge in [0.25, 0.3) is 0 Å². The number of hydrogen-bond acceptors (Lipinski definition) is 7. The third-order valence-electron chi connectivity index (χ3n) is 3.42. The van der Waals surface area contributed by atoms with E-state index in [4.69, 9.17) is 0 Å². The molecule has 0 radical (unpaired) electrons. The van der Waals surface area contributed by atoms with Crippen molar-refractivity contribution in [1.82, 2.24) is 25.0 Å². The largest absolute Gasteiger partial charge is 0.369 e. The molecule has 1 aromatic heterocycles. The van der Waals surface area contributed by atoms with Crippen LogP contribution in [0.4, 0.5) is 11.8 Å². The second kappa shape index (κ2) is 7.35. The average Bonchev–Trinajstić information content (AvgIpc) is 2.44. The van der Waals surface area contributed by atoms with Crippen molar-refractivity contribution in [2.45, 2.75) is 6.42 Å². The zero-order valence-electron chi connectivity index (χ0n) is 12.7. The van der Waals surface area contributed by atoms with Gasteiger partial charge < -0.3 is 20.0 Å². The number of aromatic nitrogens is 3. The highest BCUT2D eigenvalue weighted by Crippen LogP contribution is 2.11. The molecule has 0 unspecified atom stereocenters. The summed E-state index contributed by atoms with van der Waals surface area (Å²) in [7, 11) is 6.30. The topological polar surface area (TPSA) is 60.4 Å². The summed E-state index contributed by atoms with van der Waals surface area (Å²) in [4.78, 5) is 11.2. The fourth-order valence-corrected chi connectivity index (χ4v) is 2.13. The second-order valence-corrected chi connectivity index (χ2v) is 5.52. The number of anilines is 2. The van der Waals surface area contributed by atoms with E-state index in [0.717, 1.165) is 57.5 Å². The molecule has 1 saturated heterocycles. The Morgan fingerprint density at radius 1 is 1.25 bits per heavy atom. The maximum absolute atomic E-state index is 4.55. The zero-order valence-corrected chi connectivity index (χ0v) is 12.7. The Balaban J connectivity index is 1.84. The fraction of sp³-hybridized carbons (Fsp3) is 0.769. The molecule has 7 heteroatoms. The molecule has 0 aromatic carbocycles. The molecule has 0 saturated carbocycles. The first-order valence-corrected chi connectivity index (χ1v) is 7.17. The van der Waals surface area contributed by atoms with Crippen molar-refractivity contribution in [3.8, 4) is 0 Å². The van der Waals surface area contributed by atoms with E-state index in [1.807, 2.05) is 0 Å². The molecule has 1 aromatic rings. The molecule has 0 bridgehead atoms. The van der Waals surface area contributed by atoms with Gasteiger partial charge in [-0.05, 0) is 34.1 Å². The van der Waals surface area contributed by atoms with Crippen molar-refractivity contribution in [3.63, 3.8) is 0 Å². The number of nitrogens with one attached hydrogen (secondary N) is 1. The van der Waals surface area contributed by atoms with Crippen molar-refractivity contribution < 1.29 is 0 Å². The summed E-state index contributed by atoms with van der Waals surface area (Å²) >= 11 is 0. The van der Waals surface area contributed by atoms with Crippen LogP contribution in [0.3, 0.4) is 0 Å². The Kier molecular flexibility index (Phi) is 5.49. The van der Waals surface area contributed by atoms with E-state index in [1.165, 1.54) is 0 Å². The normalized spacial score (nSPS) is 16.7. The Labute approximate surface area is 121 Å². The summed E-state index contributed by atoms with van der Waals surface area (Å²) in [5, 5.41) is 11.5. The first-order chi connectivity index (χ1) is 9.65. The number of piperazine rings is 1. The average molecular weight is 279 g/mol. The molecule has 7 nitrogen and oxygen atoms in total. The number of hydrogen-bond donors (Lipinski definition) is 1. The molecule has 1 fully saturated rings. The van der Waals surface area contributed by atoms with Gasteiger partial charge in [0.1, 0.15) is 0 Å². The Morgan fingerprint density at radius 3 is 2.70 bits per heavy atom. The number of nitrogens with zero attached hydrogens (tertiary/aromatic N) is 6. The van der Waals surface area contributed by atoms with Crippen LogP contribution in [0.1, 0.15) is 6.42 Å². The molecule has 2 rings (SSSR count). The van der Waals surface area contributed by atoms with Gasteiger partial charge in [-0.2, -0.15) is 10.1 Å². The van der Waals surface area contributed by atoms with Crippen LogP contribution in [0.2, 0.25) is 0 Å². The van der Waals surface area contributed by atoms with Gasteiger partial charge in [0, 0.05) is 32.7 Å². The molecule has 0 spiro atoms. The summed E-state index contributed by atoms with van der Waals surface area (Å²) in [6.45, 7) is 5.98. The Hall–Kier alpha value is -1.47. The van der Waals surface area contributed by atoms with Gasteiger partial charge in [-0.1, -0.05) is 0 Å². The third kappa shape index (κ3) is 4.57. The Bertz CT molecular complexity index is 401. The van der Waals surface area contributed by atoms with Crippen LogP contribution in [0.25, 0.3) is 0 Å². The van der Waals surface area contributed by atoms with E-state index < -0.39 is 0 Å². The molecule has 112 valence electrons. The van der Waals surface area contributed by atoms with Gasteiger partial charge in [-0.25, -0.2) is 0 Å². The lowest BCUT2D eigenvalue weighted by atomic mass is 10.3. The molecule has 1 N–H and O–H groups in total. The predicted molar refractivity (Wildman–Crippen MR) is 81.2 cm³/mol. The van der Waals surface area contributed by atoms with Crippen molar-refractivity contribution in [3.05, 3.63) is 6.20 Å². The number of rotatable bonds is 6. The molecule has 0 aliphatic carbocycles. The highest BCUT2D eigenvalue weighted by Gasteiger charge is 2.16. The van der Waals surface area contributed by atoms with E-state index in [2.05, 4.69) is 56.3 Å². The minimum Gasteiger partial charge on any atom is -0.369 e. The van der Waals surface area contributed by atoms with Crippen LogP contribution in [0.15, 0.2) is 6.20 Å². The van der Waals surface area contributed by atoms with Crippen molar-refractivity contribution in [2.75, 3.05) is 70.6 Å². The van der Waals surface area contributed by atoms with Crippen LogP contribution in [0, 0.1) is 0 Å². The minimum atomic E-state index is 0.732. The molecule has 2 heterocycles. The maximum atomic E-state index is 4.55. The lowest BCUT2D eigenvalue weighted by molar-refractivity contribution is 0.311. The molecule has 0 atom stereocenters. The second-order valence-electron chi connectivity index (χ2n) is 5.52. The van der Waals surface area contributed by atoms with Crippen LogP contribution in [-0.2, 0) is 0 Å². The van der Waals surface area contributed by atoms with Gasteiger partial charge in [-0.15, -0.1) is 5.10 Å². The van der Waals surface area contributed by atoms with E-state index in [-0.39, 0.29) is 0 Å². The molecule has 1 aliphatic rings. The monoisotopic (exact) mass is 279 g/mol. The van der Waals surface area contributed by atoms with Crippen LogP contribution < -0.4 is 10.2 Å². The smallest absolute Gasteiger partial charge is 0.247 e. The van der Waals surface area contributed by atoms with Crippen molar-refractivity contribution in [1.29, 1.82) is 0 Å². The molecule has 20 heavy (non-hydrogen) atoms. The predicted octanol–water partition coefficient (Wildman–Crippen LogP) is -0.0130. The first kappa shape index (κ1) is 14.9. The molecule has 1 aliphatic heterocycles. The van der Waals surface area contributed by atoms with E-state index in [1.54, 1.807) is 6.20 Å². The first-order valence-electron chi connectivity index (χ1n) is 7.17.